The molecule has 206 valence electrons. The Morgan fingerprint density at radius 3 is 2.67 bits per heavy atom. The van der Waals surface area contributed by atoms with Gasteiger partial charge in [-0.2, -0.15) is 9.78 Å². The quantitative estimate of drug-likeness (QED) is 0.282. The van der Waals surface area contributed by atoms with E-state index in [0.717, 1.165) is 79.8 Å². The molecule has 0 unspecified atom stereocenters. The monoisotopic (exact) mass is 538 g/mol. The van der Waals surface area contributed by atoms with Crippen molar-refractivity contribution >= 4 is 28.9 Å². The SMILES string of the molecule is Cc1cccc(C(=O)Nc2ccc(C)c(Nc3cc(CN4CCOCC4)nn3-c3cc(NC4CC4)ncn3)c2)c1. The van der Waals surface area contributed by atoms with Crippen molar-refractivity contribution in [1.29, 1.82) is 0 Å². The Hall–Kier alpha value is -4.28. The number of benzene rings is 2. The zero-order chi connectivity index (χ0) is 27.5. The zero-order valence-electron chi connectivity index (χ0n) is 22.9. The maximum atomic E-state index is 12.9. The Bertz CT molecular complexity index is 1510. The highest BCUT2D eigenvalue weighted by molar-refractivity contribution is 6.04. The van der Waals surface area contributed by atoms with Gasteiger partial charge in [-0.05, 0) is 56.5 Å². The summed E-state index contributed by atoms with van der Waals surface area (Å²) in [4.78, 5) is 24.2. The van der Waals surface area contributed by atoms with Crippen molar-refractivity contribution < 1.29 is 9.53 Å². The van der Waals surface area contributed by atoms with Crippen LogP contribution in [0.1, 0.15) is 40.0 Å². The molecule has 40 heavy (non-hydrogen) atoms. The van der Waals surface area contributed by atoms with Crippen LogP contribution in [0.3, 0.4) is 0 Å². The van der Waals surface area contributed by atoms with E-state index in [9.17, 15) is 4.79 Å². The van der Waals surface area contributed by atoms with Crippen LogP contribution in [0.2, 0.25) is 0 Å². The van der Waals surface area contributed by atoms with Crippen LogP contribution in [0.5, 0.6) is 0 Å². The van der Waals surface area contributed by atoms with Crippen molar-refractivity contribution in [3.05, 3.63) is 83.3 Å². The van der Waals surface area contributed by atoms with Crippen LogP contribution < -0.4 is 16.0 Å². The topological polar surface area (TPSA) is 109 Å². The number of morpholine rings is 1. The van der Waals surface area contributed by atoms with Gasteiger partial charge in [-0.25, -0.2) is 9.97 Å². The molecule has 2 aromatic heterocycles. The van der Waals surface area contributed by atoms with Crippen molar-refractivity contribution in [2.45, 2.75) is 39.3 Å². The number of nitrogens with one attached hydrogen (secondary N) is 3. The highest BCUT2D eigenvalue weighted by Crippen LogP contribution is 2.28. The molecule has 2 aliphatic rings. The van der Waals surface area contributed by atoms with E-state index in [-0.39, 0.29) is 5.91 Å². The first kappa shape index (κ1) is 26.0. The van der Waals surface area contributed by atoms with Crippen LogP contribution in [0, 0.1) is 13.8 Å². The Morgan fingerprint density at radius 1 is 1.02 bits per heavy atom. The van der Waals surface area contributed by atoms with Crippen LogP contribution in [0.15, 0.2) is 60.9 Å². The van der Waals surface area contributed by atoms with Gasteiger partial charge >= 0.3 is 0 Å². The van der Waals surface area contributed by atoms with E-state index in [2.05, 4.69) is 36.9 Å². The predicted octanol–water partition coefficient (Wildman–Crippen LogP) is 4.68. The Labute approximate surface area is 233 Å². The van der Waals surface area contributed by atoms with E-state index in [4.69, 9.17) is 9.84 Å². The standard InChI is InChI=1S/C30H34N8O2/c1-20-4-3-5-22(14-20)30(39)34-24-7-6-21(2)26(15-24)35-29-16-25(18-37-10-12-40-13-11-37)36-38(29)28-17-27(31-19-32-28)33-23-8-9-23/h3-7,14-17,19,23,35H,8-13,18H2,1-2H3,(H,34,39)(H,31,32,33). The summed E-state index contributed by atoms with van der Waals surface area (Å²) in [5.41, 5.74) is 5.21. The molecule has 4 aromatic rings. The number of amides is 1. The molecule has 6 rings (SSSR count). The van der Waals surface area contributed by atoms with Crippen molar-refractivity contribution in [3.63, 3.8) is 0 Å². The fourth-order valence-electron chi connectivity index (χ4n) is 4.70. The lowest BCUT2D eigenvalue weighted by molar-refractivity contribution is 0.0336. The van der Waals surface area contributed by atoms with E-state index in [1.165, 1.54) is 0 Å². The number of carbonyl (C=O) groups is 1. The summed E-state index contributed by atoms with van der Waals surface area (Å²) < 4.78 is 7.34. The van der Waals surface area contributed by atoms with E-state index in [0.29, 0.717) is 23.1 Å². The average molecular weight is 539 g/mol. The number of carbonyl (C=O) groups excluding carboxylic acids is 1. The van der Waals surface area contributed by atoms with Gasteiger partial charge in [0.1, 0.15) is 18.0 Å². The molecule has 2 fully saturated rings. The molecule has 0 radical (unpaired) electrons. The molecule has 10 nitrogen and oxygen atoms in total. The van der Waals surface area contributed by atoms with Crippen LogP contribution >= 0.6 is 0 Å². The number of hydrogen-bond donors (Lipinski definition) is 3. The minimum atomic E-state index is -0.145. The lowest BCUT2D eigenvalue weighted by Gasteiger charge is -2.25. The lowest BCUT2D eigenvalue weighted by Crippen LogP contribution is -2.35. The molecule has 0 bridgehead atoms. The molecule has 3 heterocycles. The molecular formula is C30H34N8O2. The lowest BCUT2D eigenvalue weighted by atomic mass is 10.1. The maximum absolute atomic E-state index is 12.9. The minimum Gasteiger partial charge on any atom is -0.379 e. The van der Waals surface area contributed by atoms with Crippen molar-refractivity contribution in [2.75, 3.05) is 42.3 Å². The van der Waals surface area contributed by atoms with Crippen LogP contribution in [-0.4, -0.2) is 62.9 Å². The van der Waals surface area contributed by atoms with Crippen LogP contribution in [0.4, 0.5) is 23.0 Å². The van der Waals surface area contributed by atoms with Crippen LogP contribution in [0.25, 0.3) is 5.82 Å². The summed E-state index contributed by atoms with van der Waals surface area (Å²) >= 11 is 0. The first-order valence-corrected chi connectivity index (χ1v) is 13.7. The van der Waals surface area contributed by atoms with Gasteiger partial charge in [0, 0.05) is 54.7 Å². The molecule has 1 saturated carbocycles. The number of aryl methyl sites for hydroxylation is 2. The van der Waals surface area contributed by atoms with Gasteiger partial charge in [0.25, 0.3) is 5.91 Å². The van der Waals surface area contributed by atoms with Gasteiger partial charge in [-0.15, -0.1) is 0 Å². The fraction of sp³-hybridized carbons (Fsp3) is 0.333. The molecule has 3 N–H and O–H groups in total. The fourth-order valence-corrected chi connectivity index (χ4v) is 4.70. The third kappa shape index (κ3) is 6.30. The summed E-state index contributed by atoms with van der Waals surface area (Å²) in [7, 11) is 0. The summed E-state index contributed by atoms with van der Waals surface area (Å²) in [6, 6.07) is 17.9. The first-order chi connectivity index (χ1) is 19.5. The highest BCUT2D eigenvalue weighted by atomic mass is 16.5. The van der Waals surface area contributed by atoms with Crippen molar-refractivity contribution in [1.82, 2.24) is 24.6 Å². The molecule has 0 atom stereocenters. The highest BCUT2D eigenvalue weighted by Gasteiger charge is 2.22. The second-order valence-corrected chi connectivity index (χ2v) is 10.5. The third-order valence-electron chi connectivity index (χ3n) is 7.09. The van der Waals surface area contributed by atoms with Crippen LogP contribution in [-0.2, 0) is 11.3 Å². The van der Waals surface area contributed by atoms with E-state index >= 15 is 0 Å². The third-order valence-corrected chi connectivity index (χ3v) is 7.09. The molecule has 1 amide bonds. The number of hydrogen-bond acceptors (Lipinski definition) is 8. The summed E-state index contributed by atoms with van der Waals surface area (Å²) in [6.07, 6.45) is 3.89. The predicted molar refractivity (Wildman–Crippen MR) is 155 cm³/mol. The summed E-state index contributed by atoms with van der Waals surface area (Å²) in [5.74, 6) is 2.11. The average Bonchev–Trinajstić information content (AvgIpc) is 3.69. The Kier molecular flexibility index (Phi) is 7.43. The van der Waals surface area contributed by atoms with E-state index in [1.54, 1.807) is 6.33 Å². The van der Waals surface area contributed by atoms with Gasteiger partial charge in [0.05, 0.1) is 18.9 Å². The summed E-state index contributed by atoms with van der Waals surface area (Å²) in [5, 5.41) is 15.0. The van der Waals surface area contributed by atoms with Gasteiger partial charge in [0.15, 0.2) is 5.82 Å². The summed E-state index contributed by atoms with van der Waals surface area (Å²) in [6.45, 7) is 7.94. The van der Waals surface area contributed by atoms with E-state index < -0.39 is 0 Å². The van der Waals surface area contributed by atoms with Gasteiger partial charge in [-0.3, -0.25) is 9.69 Å². The second-order valence-electron chi connectivity index (χ2n) is 10.5. The maximum Gasteiger partial charge on any atom is 0.255 e. The second kappa shape index (κ2) is 11.4. The van der Waals surface area contributed by atoms with Gasteiger partial charge < -0.3 is 20.7 Å². The number of anilines is 4. The molecular weight excluding hydrogens is 504 g/mol. The largest absolute Gasteiger partial charge is 0.379 e. The molecule has 1 aliphatic heterocycles. The zero-order valence-corrected chi connectivity index (χ0v) is 22.9. The molecule has 1 aliphatic carbocycles. The van der Waals surface area contributed by atoms with Crippen molar-refractivity contribution in [3.8, 4) is 5.82 Å². The normalized spacial score (nSPS) is 15.6. The number of aromatic nitrogens is 4. The number of nitrogens with zero attached hydrogens (tertiary/aromatic N) is 5. The Balaban J connectivity index is 1.28. The smallest absolute Gasteiger partial charge is 0.255 e. The molecule has 2 aromatic carbocycles. The van der Waals surface area contributed by atoms with Crippen molar-refractivity contribution in [2.24, 2.45) is 0 Å². The molecule has 10 heteroatoms. The van der Waals surface area contributed by atoms with Gasteiger partial charge in [0.2, 0.25) is 0 Å². The molecule has 0 spiro atoms. The number of ether oxygens (including phenoxy) is 1. The number of rotatable bonds is 9. The minimum absolute atomic E-state index is 0.145. The first-order valence-electron chi connectivity index (χ1n) is 13.7. The Morgan fingerprint density at radius 2 is 1.88 bits per heavy atom. The van der Waals surface area contributed by atoms with Gasteiger partial charge in [-0.1, -0.05) is 23.8 Å². The molecule has 1 saturated heterocycles. The van der Waals surface area contributed by atoms with E-state index in [1.807, 2.05) is 67.1 Å².